The topological polar surface area (TPSA) is 47.6 Å². The summed E-state index contributed by atoms with van der Waals surface area (Å²) < 4.78 is 2.65. The van der Waals surface area contributed by atoms with Crippen molar-refractivity contribution in [2.45, 2.75) is 25.2 Å². The van der Waals surface area contributed by atoms with E-state index in [1.165, 1.54) is 53.6 Å². The Kier molecular flexibility index (Phi) is 5.34. The molecule has 0 radical (unpaired) electrons. The van der Waals surface area contributed by atoms with Gasteiger partial charge in [0.1, 0.15) is 0 Å². The highest BCUT2D eigenvalue weighted by Gasteiger charge is 2.37. The second kappa shape index (κ2) is 9.26. The van der Waals surface area contributed by atoms with Gasteiger partial charge in [0, 0.05) is 31.5 Å². The number of benzene rings is 6. The number of nitrogens with zero attached hydrogens (tertiary/aromatic N) is 2. The van der Waals surface area contributed by atoms with E-state index in [0.29, 0.717) is 11.1 Å². The van der Waals surface area contributed by atoms with Crippen molar-refractivity contribution in [3.63, 3.8) is 0 Å². The molecule has 9 rings (SSSR count). The second-order valence-corrected chi connectivity index (χ2v) is 13.7. The predicted molar refractivity (Wildman–Crippen MR) is 185 cm³/mol. The van der Waals surface area contributed by atoms with Gasteiger partial charge in [-0.1, -0.05) is 92.7 Å². The van der Waals surface area contributed by atoms with Crippen LogP contribution in [0.4, 0.5) is 0 Å². The Morgan fingerprint density at radius 2 is 1.29 bits per heavy atom. The van der Waals surface area contributed by atoms with Crippen LogP contribution in [0.15, 0.2) is 115 Å². The Bertz CT molecular complexity index is 2500. The largest absolute Gasteiger partial charge is 0.192 e. The average molecular weight is 591 g/mol. The molecule has 1 atom stereocenters. The number of hydrogen-bond acceptors (Lipinski definition) is 3. The first-order valence-electron chi connectivity index (χ1n) is 15.3. The van der Waals surface area contributed by atoms with E-state index in [1.54, 1.807) is 0 Å². The van der Waals surface area contributed by atoms with Crippen LogP contribution in [-0.2, 0) is 5.41 Å². The molecule has 0 fully saturated rings. The van der Waals surface area contributed by atoms with Gasteiger partial charge >= 0.3 is 0 Å². The SMILES string of the molecule is CC1(C)c2ccccc2-c2ccc3c(sc4ccc(-c5ccc(C#N)cc5C5c6ccccc6-c6cc(C#N)ccc65)cc43)c21. The fourth-order valence-corrected chi connectivity index (χ4v) is 9.38. The molecule has 45 heavy (non-hydrogen) atoms. The lowest BCUT2D eigenvalue weighted by Gasteiger charge is -2.22. The Morgan fingerprint density at radius 3 is 2.13 bits per heavy atom. The third-order valence-corrected chi connectivity index (χ3v) is 11.2. The van der Waals surface area contributed by atoms with Crippen LogP contribution in [0.3, 0.4) is 0 Å². The van der Waals surface area contributed by atoms with Gasteiger partial charge in [-0.05, 0) is 97.6 Å². The Labute approximate surface area is 266 Å². The average Bonchev–Trinajstić information content (AvgIpc) is 3.69. The maximum atomic E-state index is 9.96. The molecule has 1 aromatic heterocycles. The fraction of sp³-hybridized carbons (Fsp3) is 0.0952. The Hall–Kier alpha value is -5.48. The van der Waals surface area contributed by atoms with E-state index in [1.807, 2.05) is 29.5 Å². The molecule has 0 bridgehead atoms. The molecule has 6 aromatic carbocycles. The monoisotopic (exact) mass is 590 g/mol. The quantitative estimate of drug-likeness (QED) is 0.201. The molecule has 0 spiro atoms. The van der Waals surface area contributed by atoms with Crippen LogP contribution < -0.4 is 0 Å². The highest BCUT2D eigenvalue weighted by Crippen LogP contribution is 2.54. The Morgan fingerprint density at radius 1 is 0.578 bits per heavy atom. The van der Waals surface area contributed by atoms with Crippen LogP contribution in [0.25, 0.3) is 53.6 Å². The van der Waals surface area contributed by atoms with E-state index in [9.17, 15) is 10.5 Å². The van der Waals surface area contributed by atoms with Crippen LogP contribution >= 0.6 is 11.3 Å². The molecule has 0 amide bonds. The zero-order valence-electron chi connectivity index (χ0n) is 24.8. The minimum Gasteiger partial charge on any atom is -0.192 e. The predicted octanol–water partition coefficient (Wildman–Crippen LogP) is 10.9. The number of hydrogen-bond donors (Lipinski definition) is 0. The molecule has 1 heterocycles. The van der Waals surface area contributed by atoms with Gasteiger partial charge in [-0.15, -0.1) is 11.3 Å². The van der Waals surface area contributed by atoms with Crippen LogP contribution in [0.1, 0.15) is 58.7 Å². The summed E-state index contributed by atoms with van der Waals surface area (Å²) in [6, 6.07) is 45.6. The van der Waals surface area contributed by atoms with E-state index in [0.717, 1.165) is 27.8 Å². The Balaban J connectivity index is 1.26. The van der Waals surface area contributed by atoms with E-state index in [2.05, 4.69) is 123 Å². The summed E-state index contributed by atoms with van der Waals surface area (Å²) in [6.07, 6.45) is 0. The fourth-order valence-electron chi connectivity index (χ4n) is 7.99. The highest BCUT2D eigenvalue weighted by molar-refractivity contribution is 7.26. The summed E-state index contributed by atoms with van der Waals surface area (Å²) in [5.41, 5.74) is 14.8. The van der Waals surface area contributed by atoms with Crippen molar-refractivity contribution in [1.29, 1.82) is 10.5 Å². The minimum absolute atomic E-state index is 0.0373. The van der Waals surface area contributed by atoms with Gasteiger partial charge in [0.2, 0.25) is 0 Å². The molecule has 1 unspecified atom stereocenters. The molecule has 0 aliphatic heterocycles. The maximum Gasteiger partial charge on any atom is 0.0991 e. The van der Waals surface area contributed by atoms with Crippen LogP contribution in [-0.4, -0.2) is 0 Å². The van der Waals surface area contributed by atoms with Crippen LogP contribution in [0, 0.1) is 22.7 Å². The van der Waals surface area contributed by atoms with Crippen molar-refractivity contribution in [3.8, 4) is 45.5 Å². The van der Waals surface area contributed by atoms with Crippen molar-refractivity contribution in [1.82, 2.24) is 0 Å². The molecule has 2 aliphatic rings. The summed E-state index contributed by atoms with van der Waals surface area (Å²) in [4.78, 5) is 0. The van der Waals surface area contributed by atoms with Crippen molar-refractivity contribution in [2.24, 2.45) is 0 Å². The highest BCUT2D eigenvalue weighted by atomic mass is 32.1. The molecule has 0 saturated heterocycles. The number of thiophene rings is 1. The first-order chi connectivity index (χ1) is 22.0. The molecule has 210 valence electrons. The number of nitriles is 2. The molecule has 2 aliphatic carbocycles. The van der Waals surface area contributed by atoms with Gasteiger partial charge in [0.15, 0.2) is 0 Å². The third-order valence-electron chi connectivity index (χ3n) is 10.0. The molecule has 0 N–H and O–H groups in total. The molecule has 0 saturated carbocycles. The van der Waals surface area contributed by atoms with Crippen LogP contribution in [0.2, 0.25) is 0 Å². The van der Waals surface area contributed by atoms with Gasteiger partial charge in [0.25, 0.3) is 0 Å². The van der Waals surface area contributed by atoms with Crippen molar-refractivity contribution < 1.29 is 0 Å². The number of rotatable bonds is 2. The minimum atomic E-state index is -0.0654. The first-order valence-corrected chi connectivity index (χ1v) is 16.1. The van der Waals surface area contributed by atoms with Gasteiger partial charge in [-0.2, -0.15) is 10.5 Å². The van der Waals surface area contributed by atoms with Crippen molar-refractivity contribution in [3.05, 3.63) is 154 Å². The maximum absolute atomic E-state index is 9.96. The zero-order chi connectivity index (χ0) is 30.4. The lowest BCUT2D eigenvalue weighted by atomic mass is 9.82. The molecule has 3 heteroatoms. The first kappa shape index (κ1) is 26.0. The summed E-state index contributed by atoms with van der Waals surface area (Å²) in [7, 11) is 0. The van der Waals surface area contributed by atoms with Gasteiger partial charge in [0.05, 0.1) is 23.3 Å². The zero-order valence-corrected chi connectivity index (χ0v) is 25.7. The molecule has 7 aromatic rings. The summed E-state index contributed by atoms with van der Waals surface area (Å²) in [5, 5.41) is 22.2. The summed E-state index contributed by atoms with van der Waals surface area (Å²) in [6.45, 7) is 4.71. The smallest absolute Gasteiger partial charge is 0.0991 e. The molecular weight excluding hydrogens is 565 g/mol. The lowest BCUT2D eigenvalue weighted by molar-refractivity contribution is 0.667. The standard InChI is InChI=1S/C42H26N2S/c1-42(2)37-10-6-5-8-29(37)32-16-17-33-35-21-26(13-18-38(35)45-41(33)40(32)42)27-14-11-25(23-44)20-36(27)39-30-9-4-3-7-28(30)34-19-24(22-43)12-15-31(34)39/h3-21,39H,1-2H3. The van der Waals surface area contributed by atoms with Crippen molar-refractivity contribution in [2.75, 3.05) is 0 Å². The molecule has 2 nitrogen and oxygen atoms in total. The summed E-state index contributed by atoms with van der Waals surface area (Å²) in [5.74, 6) is -0.0373. The van der Waals surface area contributed by atoms with E-state index in [4.69, 9.17) is 0 Å². The lowest BCUT2D eigenvalue weighted by Crippen LogP contribution is -2.14. The van der Waals surface area contributed by atoms with E-state index >= 15 is 0 Å². The normalized spacial score (nSPS) is 15.2. The summed E-state index contributed by atoms with van der Waals surface area (Å²) >= 11 is 1.89. The van der Waals surface area contributed by atoms with Gasteiger partial charge in [-0.3, -0.25) is 0 Å². The third kappa shape index (κ3) is 3.54. The molecular formula is C42H26N2S. The van der Waals surface area contributed by atoms with E-state index in [-0.39, 0.29) is 11.3 Å². The van der Waals surface area contributed by atoms with E-state index < -0.39 is 0 Å². The number of fused-ring (bicyclic) bond motifs is 10. The van der Waals surface area contributed by atoms with Gasteiger partial charge < -0.3 is 0 Å². The van der Waals surface area contributed by atoms with Gasteiger partial charge in [-0.25, -0.2) is 0 Å². The second-order valence-electron chi connectivity index (χ2n) is 12.7. The van der Waals surface area contributed by atoms with Crippen LogP contribution in [0.5, 0.6) is 0 Å². The van der Waals surface area contributed by atoms with Crippen molar-refractivity contribution >= 4 is 31.5 Å².